The number of rotatable bonds is 13. The summed E-state index contributed by atoms with van der Waals surface area (Å²) in [6, 6.07) is 12.8. The number of halogens is 1. The molecule has 0 saturated carbocycles. The van der Waals surface area contributed by atoms with E-state index in [1.807, 2.05) is 6.07 Å². The number of benzene rings is 2. The number of hydrogen-bond acceptors (Lipinski definition) is 2. The second-order valence-electron chi connectivity index (χ2n) is 9.13. The van der Waals surface area contributed by atoms with Crippen molar-refractivity contribution in [3.05, 3.63) is 65.0 Å². The summed E-state index contributed by atoms with van der Waals surface area (Å²) in [5, 5.41) is 0. The molecule has 0 aliphatic carbocycles. The molecule has 0 radical (unpaired) electrons. The third-order valence-corrected chi connectivity index (χ3v) is 6.64. The molecule has 1 aliphatic rings. The minimum Gasteiger partial charge on any atom is -0.370 e. The quantitative estimate of drug-likeness (QED) is 0.333. The molecule has 2 N–H and O–H groups in total. The summed E-state index contributed by atoms with van der Waals surface area (Å²) in [5.74, 6) is -0.589. The predicted molar refractivity (Wildman–Crippen MR) is 131 cm³/mol. The van der Waals surface area contributed by atoms with Crippen molar-refractivity contribution in [2.45, 2.75) is 89.9 Å². The molecule has 4 heteroatoms. The lowest BCUT2D eigenvalue weighted by atomic mass is 9.67. The first-order chi connectivity index (χ1) is 15.5. The maximum atomic E-state index is 13.7. The third-order valence-electron chi connectivity index (χ3n) is 6.64. The van der Waals surface area contributed by atoms with Gasteiger partial charge in [-0.2, -0.15) is 0 Å². The zero-order chi connectivity index (χ0) is 23.0. The van der Waals surface area contributed by atoms with E-state index in [0.29, 0.717) is 0 Å². The Bertz CT molecular complexity index is 935. The normalized spacial score (nSPS) is 17.3. The van der Waals surface area contributed by atoms with Gasteiger partial charge >= 0.3 is 0 Å². The van der Waals surface area contributed by atoms with Gasteiger partial charge in [-0.25, -0.2) is 4.39 Å². The second-order valence-corrected chi connectivity index (χ2v) is 9.13. The van der Waals surface area contributed by atoms with Crippen LogP contribution in [0.2, 0.25) is 0 Å². The molecular formula is C28H37FN2O. The molecular weight excluding hydrogens is 399 g/mol. The first-order valence-corrected chi connectivity index (χ1v) is 12.3. The summed E-state index contributed by atoms with van der Waals surface area (Å²) in [6.07, 6.45) is 11.2. The number of aliphatic imine (C=N–C) groups is 1. The highest BCUT2D eigenvalue weighted by Gasteiger charge is 2.46. The number of aryl methyl sites for hydroxylation is 1. The third kappa shape index (κ3) is 5.46. The van der Waals surface area contributed by atoms with Gasteiger partial charge in [-0.15, -0.1) is 0 Å². The van der Waals surface area contributed by atoms with Crippen LogP contribution in [0.5, 0.6) is 0 Å². The smallest absolute Gasteiger partial charge is 0.218 e. The topological polar surface area (TPSA) is 55.5 Å². The molecule has 1 unspecified atom stereocenters. The Morgan fingerprint density at radius 2 is 1.62 bits per heavy atom. The fraction of sp³-hybridized carbons (Fsp3) is 0.500. The highest BCUT2D eigenvalue weighted by atomic mass is 19.1. The highest BCUT2D eigenvalue weighted by molar-refractivity contribution is 6.14. The molecule has 0 bridgehead atoms. The van der Waals surface area contributed by atoms with Gasteiger partial charge in [0.25, 0.3) is 0 Å². The van der Waals surface area contributed by atoms with E-state index in [1.165, 1.54) is 48.9 Å². The first-order valence-electron chi connectivity index (χ1n) is 12.3. The van der Waals surface area contributed by atoms with E-state index in [-0.39, 0.29) is 18.1 Å². The maximum absolute atomic E-state index is 13.7. The van der Waals surface area contributed by atoms with Gasteiger partial charge in [0.05, 0.1) is 11.4 Å². The molecule has 1 heterocycles. The number of primary amides is 1. The van der Waals surface area contributed by atoms with Crippen molar-refractivity contribution in [3.8, 4) is 0 Å². The van der Waals surface area contributed by atoms with Gasteiger partial charge in [-0.3, -0.25) is 9.79 Å². The molecule has 0 aromatic heterocycles. The van der Waals surface area contributed by atoms with Crippen LogP contribution >= 0.6 is 0 Å². The SMILES string of the molecule is CCCCCCc1cccc2c1C(CCCCCC)(CC(N)=O)C(c1ccc(F)cc1)=N2. The lowest BCUT2D eigenvalue weighted by Crippen LogP contribution is -2.39. The molecule has 1 aliphatic heterocycles. The molecule has 0 fully saturated rings. The maximum Gasteiger partial charge on any atom is 0.218 e. The van der Waals surface area contributed by atoms with Crippen molar-refractivity contribution in [2.24, 2.45) is 10.7 Å². The van der Waals surface area contributed by atoms with Gasteiger partial charge in [0, 0.05) is 11.8 Å². The second kappa shape index (κ2) is 11.4. The fourth-order valence-corrected chi connectivity index (χ4v) is 5.13. The van der Waals surface area contributed by atoms with Crippen molar-refractivity contribution in [1.29, 1.82) is 0 Å². The van der Waals surface area contributed by atoms with Gasteiger partial charge < -0.3 is 5.73 Å². The molecule has 32 heavy (non-hydrogen) atoms. The van der Waals surface area contributed by atoms with Crippen LogP contribution in [0.15, 0.2) is 47.5 Å². The molecule has 1 amide bonds. The molecule has 2 aromatic rings. The van der Waals surface area contributed by atoms with E-state index in [1.54, 1.807) is 12.1 Å². The van der Waals surface area contributed by atoms with E-state index in [2.05, 4.69) is 26.0 Å². The summed E-state index contributed by atoms with van der Waals surface area (Å²) < 4.78 is 13.7. The number of carbonyl (C=O) groups is 1. The molecule has 0 saturated heterocycles. The first kappa shape index (κ1) is 24.2. The molecule has 3 rings (SSSR count). The Kier molecular flexibility index (Phi) is 8.60. The standard InChI is InChI=1S/C28H37FN2O/c1-3-5-7-9-12-21-13-11-14-24-26(21)28(20-25(30)32,19-10-8-6-4-2)27(31-24)22-15-17-23(29)18-16-22/h11,13-18H,3-10,12,19-20H2,1-2H3,(H2,30,32). The van der Waals surface area contributed by atoms with Crippen LogP contribution < -0.4 is 5.73 Å². The zero-order valence-electron chi connectivity index (χ0n) is 19.6. The van der Waals surface area contributed by atoms with Gasteiger partial charge in [0.2, 0.25) is 5.91 Å². The minimum absolute atomic E-state index is 0.230. The van der Waals surface area contributed by atoms with Gasteiger partial charge in [-0.05, 0) is 54.2 Å². The summed E-state index contributed by atoms with van der Waals surface area (Å²) >= 11 is 0. The van der Waals surface area contributed by atoms with Crippen molar-refractivity contribution < 1.29 is 9.18 Å². The van der Waals surface area contributed by atoms with Gasteiger partial charge in [0.15, 0.2) is 0 Å². The Morgan fingerprint density at radius 1 is 0.938 bits per heavy atom. The Morgan fingerprint density at radius 3 is 2.28 bits per heavy atom. The zero-order valence-corrected chi connectivity index (χ0v) is 19.6. The molecule has 1 atom stereocenters. The highest BCUT2D eigenvalue weighted by Crippen LogP contribution is 2.49. The van der Waals surface area contributed by atoms with E-state index in [9.17, 15) is 9.18 Å². The van der Waals surface area contributed by atoms with Crippen molar-refractivity contribution in [1.82, 2.24) is 0 Å². The van der Waals surface area contributed by atoms with E-state index in [0.717, 1.165) is 55.5 Å². The van der Waals surface area contributed by atoms with Crippen molar-refractivity contribution in [3.63, 3.8) is 0 Å². The molecule has 0 spiro atoms. The van der Waals surface area contributed by atoms with Crippen LogP contribution in [-0.4, -0.2) is 11.6 Å². The summed E-state index contributed by atoms with van der Waals surface area (Å²) in [6.45, 7) is 4.42. The lowest BCUT2D eigenvalue weighted by molar-refractivity contribution is -0.118. The monoisotopic (exact) mass is 436 g/mol. The molecule has 2 aromatic carbocycles. The van der Waals surface area contributed by atoms with E-state index < -0.39 is 5.41 Å². The van der Waals surface area contributed by atoms with Crippen LogP contribution in [0.25, 0.3) is 0 Å². The Hall–Kier alpha value is -2.49. The largest absolute Gasteiger partial charge is 0.370 e. The van der Waals surface area contributed by atoms with Crippen molar-refractivity contribution >= 4 is 17.3 Å². The Labute approximate surface area is 192 Å². The van der Waals surface area contributed by atoms with Crippen LogP contribution in [0.1, 0.15) is 94.7 Å². The van der Waals surface area contributed by atoms with E-state index >= 15 is 0 Å². The van der Waals surface area contributed by atoms with Crippen LogP contribution in [-0.2, 0) is 16.6 Å². The summed E-state index contributed by atoms with van der Waals surface area (Å²) in [7, 11) is 0. The summed E-state index contributed by atoms with van der Waals surface area (Å²) in [5.41, 5.74) is 10.4. The number of unbranched alkanes of at least 4 members (excludes halogenated alkanes) is 6. The number of carbonyl (C=O) groups excluding carboxylic acids is 1. The fourth-order valence-electron chi connectivity index (χ4n) is 5.13. The average molecular weight is 437 g/mol. The predicted octanol–water partition coefficient (Wildman–Crippen LogP) is 7.17. The van der Waals surface area contributed by atoms with Crippen LogP contribution in [0.3, 0.4) is 0 Å². The number of nitrogens with zero attached hydrogens (tertiary/aromatic N) is 1. The number of fused-ring (bicyclic) bond motifs is 1. The Balaban J connectivity index is 2.07. The van der Waals surface area contributed by atoms with Crippen LogP contribution in [0, 0.1) is 5.82 Å². The van der Waals surface area contributed by atoms with Gasteiger partial charge in [-0.1, -0.05) is 83.1 Å². The molecule has 3 nitrogen and oxygen atoms in total. The van der Waals surface area contributed by atoms with Gasteiger partial charge in [0.1, 0.15) is 5.82 Å². The minimum atomic E-state index is -0.548. The average Bonchev–Trinajstić information content (AvgIpc) is 3.09. The van der Waals surface area contributed by atoms with Crippen LogP contribution in [0.4, 0.5) is 10.1 Å². The van der Waals surface area contributed by atoms with E-state index in [4.69, 9.17) is 10.7 Å². The number of amides is 1. The molecule has 172 valence electrons. The lowest BCUT2D eigenvalue weighted by Gasteiger charge is -2.33. The number of hydrogen-bond donors (Lipinski definition) is 1. The summed E-state index contributed by atoms with van der Waals surface area (Å²) in [4.78, 5) is 17.5. The van der Waals surface area contributed by atoms with Crippen molar-refractivity contribution in [2.75, 3.05) is 0 Å². The number of nitrogens with two attached hydrogens (primary N) is 1.